The standard InChI is InChI=1S/C31H39N9O5S/c32-21(12-17-14-36-22-8-3-1-6-19(17)22)27(41)40-26(16-46)29(43)39-25(13-18-15-37-23-9-4-2-7-20(18)23)28(42)38-24(30(44)45)10-5-11-35-31(33)34/h1-4,6-9,14-15,21,24-26,36-37,46H,5,10-13,16,32H2,(H,38,42)(H,39,43)(H,40,41)(H,44,45)(H4,33,34,35). The van der Waals surface area contributed by atoms with Crippen LogP contribution in [0.2, 0.25) is 0 Å². The number of aliphatic carboxylic acids is 1. The number of rotatable bonds is 16. The number of carboxylic acids is 1. The van der Waals surface area contributed by atoms with Gasteiger partial charge in [-0.3, -0.25) is 19.4 Å². The van der Waals surface area contributed by atoms with E-state index in [4.69, 9.17) is 17.2 Å². The van der Waals surface area contributed by atoms with Gasteiger partial charge in [0.1, 0.15) is 18.1 Å². The van der Waals surface area contributed by atoms with Crippen molar-refractivity contribution in [2.45, 2.75) is 49.9 Å². The number of aromatic amines is 2. The number of hydrogen-bond acceptors (Lipinski definition) is 7. The molecule has 2 heterocycles. The summed E-state index contributed by atoms with van der Waals surface area (Å²) in [5.74, 6) is -3.41. The minimum atomic E-state index is -1.26. The number of guanidine groups is 1. The van der Waals surface area contributed by atoms with Gasteiger partial charge in [-0.25, -0.2) is 4.79 Å². The summed E-state index contributed by atoms with van der Waals surface area (Å²) in [5, 5.41) is 19.4. The second kappa shape index (κ2) is 15.8. The average molecular weight is 650 g/mol. The predicted molar refractivity (Wildman–Crippen MR) is 179 cm³/mol. The molecule has 12 N–H and O–H groups in total. The van der Waals surface area contributed by atoms with Crippen molar-refractivity contribution in [2.75, 3.05) is 12.3 Å². The molecule has 0 aliphatic carbocycles. The van der Waals surface area contributed by atoms with Gasteiger partial charge in [0.25, 0.3) is 0 Å². The highest BCUT2D eigenvalue weighted by Gasteiger charge is 2.30. The van der Waals surface area contributed by atoms with Crippen molar-refractivity contribution in [1.29, 1.82) is 0 Å². The second-order valence-electron chi connectivity index (χ2n) is 10.9. The fourth-order valence-electron chi connectivity index (χ4n) is 5.14. The van der Waals surface area contributed by atoms with Crippen LogP contribution in [0.1, 0.15) is 24.0 Å². The molecule has 4 atom stereocenters. The summed E-state index contributed by atoms with van der Waals surface area (Å²) in [6.07, 6.45) is 4.12. The van der Waals surface area contributed by atoms with Crippen LogP contribution in [0.15, 0.2) is 65.9 Å². The molecule has 0 fully saturated rings. The molecule has 0 radical (unpaired) electrons. The molecular formula is C31H39N9O5S. The number of fused-ring (bicyclic) bond motifs is 2. The Labute approximate surface area is 270 Å². The Morgan fingerprint density at radius 3 is 1.87 bits per heavy atom. The number of carbonyl (C=O) groups excluding carboxylic acids is 3. The molecular weight excluding hydrogens is 610 g/mol. The van der Waals surface area contributed by atoms with Crippen LogP contribution >= 0.6 is 12.6 Å². The van der Waals surface area contributed by atoms with E-state index in [-0.39, 0.29) is 37.5 Å². The predicted octanol–water partition coefficient (Wildman–Crippen LogP) is 0.284. The van der Waals surface area contributed by atoms with Crippen molar-refractivity contribution in [3.05, 3.63) is 72.1 Å². The summed E-state index contributed by atoms with van der Waals surface area (Å²) in [7, 11) is 0. The van der Waals surface area contributed by atoms with Gasteiger partial charge in [-0.05, 0) is 42.5 Å². The Kier molecular flexibility index (Phi) is 11.6. The van der Waals surface area contributed by atoms with Crippen molar-refractivity contribution >= 4 is 64.1 Å². The Hall–Kier alpha value is -5.02. The van der Waals surface area contributed by atoms with Crippen molar-refractivity contribution in [1.82, 2.24) is 25.9 Å². The van der Waals surface area contributed by atoms with E-state index >= 15 is 0 Å². The van der Waals surface area contributed by atoms with Crippen LogP contribution in [0.5, 0.6) is 0 Å². The smallest absolute Gasteiger partial charge is 0.326 e. The maximum Gasteiger partial charge on any atom is 0.326 e. The Bertz CT molecular complexity index is 1710. The molecule has 0 saturated carbocycles. The van der Waals surface area contributed by atoms with E-state index in [1.165, 1.54) is 0 Å². The van der Waals surface area contributed by atoms with Gasteiger partial charge >= 0.3 is 5.97 Å². The molecule has 0 bridgehead atoms. The third-order valence-electron chi connectivity index (χ3n) is 7.56. The number of para-hydroxylation sites is 2. The molecule has 15 heteroatoms. The van der Waals surface area contributed by atoms with Gasteiger partial charge in [0.2, 0.25) is 17.7 Å². The second-order valence-corrected chi connectivity index (χ2v) is 11.3. The molecule has 2 aromatic heterocycles. The number of nitrogens with two attached hydrogens (primary N) is 3. The lowest BCUT2D eigenvalue weighted by atomic mass is 10.0. The van der Waals surface area contributed by atoms with Crippen LogP contribution in [0.4, 0.5) is 0 Å². The van der Waals surface area contributed by atoms with Gasteiger partial charge in [0.15, 0.2) is 5.96 Å². The number of nitrogens with zero attached hydrogens (tertiary/aromatic N) is 1. The summed E-state index contributed by atoms with van der Waals surface area (Å²) in [5.41, 5.74) is 20.2. The molecule has 4 rings (SSSR count). The lowest BCUT2D eigenvalue weighted by Gasteiger charge is -2.24. The van der Waals surface area contributed by atoms with Crippen LogP contribution in [0, 0.1) is 0 Å². The van der Waals surface area contributed by atoms with E-state index in [0.29, 0.717) is 6.42 Å². The summed E-state index contributed by atoms with van der Waals surface area (Å²) in [6, 6.07) is 10.5. The lowest BCUT2D eigenvalue weighted by Crippen LogP contribution is -2.58. The number of thiol groups is 1. The first-order valence-corrected chi connectivity index (χ1v) is 15.4. The number of benzene rings is 2. The molecule has 4 unspecified atom stereocenters. The number of nitrogens with one attached hydrogen (secondary N) is 5. The number of aromatic nitrogens is 2. The van der Waals surface area contributed by atoms with Crippen LogP contribution in [0.3, 0.4) is 0 Å². The summed E-state index contributed by atoms with van der Waals surface area (Å²) >= 11 is 4.26. The van der Waals surface area contributed by atoms with Crippen molar-refractivity contribution in [3.63, 3.8) is 0 Å². The zero-order chi connectivity index (χ0) is 33.2. The third kappa shape index (κ3) is 8.79. The van der Waals surface area contributed by atoms with Gasteiger partial charge in [-0.15, -0.1) is 0 Å². The highest BCUT2D eigenvalue weighted by atomic mass is 32.1. The van der Waals surface area contributed by atoms with E-state index in [9.17, 15) is 24.3 Å². The molecule has 0 aliphatic rings. The molecule has 3 amide bonds. The quantitative estimate of drug-likeness (QED) is 0.0349. The minimum Gasteiger partial charge on any atom is -0.480 e. The number of aliphatic imine (C=N–C) groups is 1. The lowest BCUT2D eigenvalue weighted by molar-refractivity contribution is -0.142. The maximum atomic E-state index is 13.5. The first-order valence-electron chi connectivity index (χ1n) is 14.7. The Morgan fingerprint density at radius 1 is 0.783 bits per heavy atom. The number of hydrogen-bond donors (Lipinski definition) is 10. The van der Waals surface area contributed by atoms with Gasteiger partial charge < -0.3 is 48.2 Å². The number of H-pyrrole nitrogens is 2. The normalized spacial score (nSPS) is 13.8. The van der Waals surface area contributed by atoms with E-state index < -0.39 is 47.9 Å². The van der Waals surface area contributed by atoms with Gasteiger partial charge in [-0.2, -0.15) is 12.6 Å². The molecule has 0 aliphatic heterocycles. The van der Waals surface area contributed by atoms with E-state index in [2.05, 4.69) is 43.5 Å². The number of carboxylic acid groups (broad SMARTS) is 1. The SMILES string of the molecule is NC(N)=NCCCC(NC(=O)C(Cc1c[nH]c2ccccc12)NC(=O)C(CS)NC(=O)C(N)Cc1c[nH]c2ccccc12)C(=O)O. The number of carbonyl (C=O) groups is 4. The first kappa shape index (κ1) is 33.9. The largest absolute Gasteiger partial charge is 0.480 e. The topological polar surface area (TPSA) is 247 Å². The monoisotopic (exact) mass is 649 g/mol. The minimum absolute atomic E-state index is 0.0369. The fraction of sp³-hybridized carbons (Fsp3) is 0.323. The zero-order valence-corrected chi connectivity index (χ0v) is 25.9. The Morgan fingerprint density at radius 2 is 1.30 bits per heavy atom. The molecule has 2 aromatic carbocycles. The Balaban J connectivity index is 1.47. The summed E-state index contributed by atoms with van der Waals surface area (Å²) in [6.45, 7) is 0.184. The van der Waals surface area contributed by atoms with Gasteiger partial charge in [0.05, 0.1) is 6.04 Å². The molecule has 4 aromatic rings. The van der Waals surface area contributed by atoms with Crippen molar-refractivity contribution in [3.8, 4) is 0 Å². The van der Waals surface area contributed by atoms with E-state index in [1.807, 2.05) is 48.5 Å². The summed E-state index contributed by atoms with van der Waals surface area (Å²) in [4.78, 5) is 62.1. The van der Waals surface area contributed by atoms with Crippen LogP contribution in [-0.2, 0) is 32.0 Å². The fourth-order valence-corrected chi connectivity index (χ4v) is 5.40. The summed E-state index contributed by atoms with van der Waals surface area (Å²) < 4.78 is 0. The highest BCUT2D eigenvalue weighted by molar-refractivity contribution is 7.80. The van der Waals surface area contributed by atoms with Gasteiger partial charge in [-0.1, -0.05) is 36.4 Å². The molecule has 244 valence electrons. The van der Waals surface area contributed by atoms with E-state index in [0.717, 1.165) is 32.9 Å². The molecule has 46 heavy (non-hydrogen) atoms. The molecule has 0 saturated heterocycles. The first-order chi connectivity index (χ1) is 22.1. The molecule has 14 nitrogen and oxygen atoms in total. The maximum absolute atomic E-state index is 13.5. The number of amides is 3. The third-order valence-corrected chi connectivity index (χ3v) is 7.92. The van der Waals surface area contributed by atoms with Crippen LogP contribution in [-0.4, -0.2) is 81.2 Å². The van der Waals surface area contributed by atoms with Gasteiger partial charge in [0, 0.05) is 52.9 Å². The average Bonchev–Trinajstić information content (AvgIpc) is 3.64. The highest BCUT2D eigenvalue weighted by Crippen LogP contribution is 2.20. The van der Waals surface area contributed by atoms with Crippen molar-refractivity contribution < 1.29 is 24.3 Å². The molecule has 0 spiro atoms. The van der Waals surface area contributed by atoms with Crippen molar-refractivity contribution in [2.24, 2.45) is 22.2 Å². The van der Waals surface area contributed by atoms with Crippen LogP contribution < -0.4 is 33.2 Å². The van der Waals surface area contributed by atoms with Crippen LogP contribution in [0.25, 0.3) is 21.8 Å². The van der Waals surface area contributed by atoms with E-state index in [1.54, 1.807) is 12.4 Å². The zero-order valence-electron chi connectivity index (χ0n) is 25.0.